The van der Waals surface area contributed by atoms with E-state index in [9.17, 15) is 0 Å². The fourth-order valence-corrected chi connectivity index (χ4v) is 28.9. The molecule has 1 fully saturated rings. The van der Waals surface area contributed by atoms with Crippen molar-refractivity contribution >= 4 is 95.4 Å². The van der Waals surface area contributed by atoms with E-state index in [1.165, 1.54) is 0 Å². The second-order valence-electron chi connectivity index (χ2n) is 4.04. The van der Waals surface area contributed by atoms with E-state index in [0.29, 0.717) is 0 Å². The van der Waals surface area contributed by atoms with E-state index in [2.05, 4.69) is 84.7 Å². The first-order chi connectivity index (χ1) is 5.62. The summed E-state index contributed by atoms with van der Waals surface area (Å²) in [4.78, 5) is 5.10. The van der Waals surface area contributed by atoms with Gasteiger partial charge in [0.25, 0.3) is 0 Å². The van der Waals surface area contributed by atoms with Crippen molar-refractivity contribution in [2.45, 2.75) is 31.7 Å². The predicted octanol–water partition coefficient (Wildman–Crippen LogP) is 5.65. The fourth-order valence-electron chi connectivity index (χ4n) is 1.58. The van der Waals surface area contributed by atoms with E-state index in [-0.39, 0.29) is 0 Å². The molecule has 0 unspecified atom stereocenters. The van der Waals surface area contributed by atoms with Crippen LogP contribution in [0.15, 0.2) is 0 Å². The minimum atomic E-state index is -1.36. The third kappa shape index (κ3) is 7.50. The zero-order valence-corrected chi connectivity index (χ0v) is 20.9. The number of hydrogen-bond donors (Lipinski definition) is 0. The number of halogens is 4. The van der Waals surface area contributed by atoms with Crippen LogP contribution < -0.4 is 0 Å². The van der Waals surface area contributed by atoms with Gasteiger partial charge < -0.3 is 0 Å². The normalized spacial score (nSPS) is 24.2. The van der Waals surface area contributed by atoms with Crippen molar-refractivity contribution in [3.05, 3.63) is 0 Å². The van der Waals surface area contributed by atoms with Crippen LogP contribution in [0.25, 0.3) is 0 Å². The van der Waals surface area contributed by atoms with E-state index >= 15 is 0 Å². The summed E-state index contributed by atoms with van der Waals surface area (Å²) in [7, 11) is -2.72. The van der Waals surface area contributed by atoms with Crippen LogP contribution in [0, 0.1) is 5.41 Å². The van der Waals surface area contributed by atoms with Crippen molar-refractivity contribution in [3.63, 3.8) is 0 Å². The maximum atomic E-state index is 2.79. The summed E-state index contributed by atoms with van der Waals surface area (Å²) in [6.45, 7) is 0. The van der Waals surface area contributed by atoms with Gasteiger partial charge in [-0.3, -0.25) is 0 Å². The zero-order chi connectivity index (χ0) is 10.3. The Hall–Kier alpha value is 4.50. The SMILES string of the molecule is C[Te](I)(I)CC1(C[Te](C)(I)I)CC1. The third-order valence-electron chi connectivity index (χ3n) is 2.08. The molecule has 82 valence electrons. The molecule has 0 spiro atoms. The van der Waals surface area contributed by atoms with Gasteiger partial charge in [0.2, 0.25) is 0 Å². The second kappa shape index (κ2) is 5.64. The van der Waals surface area contributed by atoms with Gasteiger partial charge in [0, 0.05) is 0 Å². The molecule has 0 nitrogen and oxygen atoms in total. The van der Waals surface area contributed by atoms with Gasteiger partial charge in [0.1, 0.15) is 0 Å². The standard InChI is InChI=1S/C7H14I4Te2/c1-12(8,9)5-7(3-4-7)6-13(2,10)11/h3-6H2,1-2H3. The second-order valence-corrected chi connectivity index (χ2v) is 90.4. The summed E-state index contributed by atoms with van der Waals surface area (Å²) in [5.41, 5.74) is 0.858. The van der Waals surface area contributed by atoms with E-state index in [1.54, 1.807) is 21.8 Å². The molecule has 0 N–H and O–H groups in total. The average molecular weight is 861 g/mol. The van der Waals surface area contributed by atoms with Crippen molar-refractivity contribution < 1.29 is 0 Å². The number of hydrogen-bond acceptors (Lipinski definition) is 0. The summed E-state index contributed by atoms with van der Waals surface area (Å²) < 4.78 is 3.23. The van der Waals surface area contributed by atoms with Crippen LogP contribution in [0.1, 0.15) is 12.8 Å². The molecule has 0 bridgehead atoms. The first-order valence-corrected chi connectivity index (χ1v) is 39.0. The van der Waals surface area contributed by atoms with Crippen LogP contribution in [0.4, 0.5) is 0 Å². The maximum absolute atomic E-state index is 2.79. The summed E-state index contributed by atoms with van der Waals surface area (Å²) in [6.07, 6.45) is 3.10. The topological polar surface area (TPSA) is 0 Å². The molecule has 0 heterocycles. The molecule has 6 heteroatoms. The molecular formula is C7H14I4Te2. The van der Waals surface area contributed by atoms with E-state index in [0.717, 1.165) is 5.41 Å². The van der Waals surface area contributed by atoms with Gasteiger partial charge in [0.05, 0.1) is 0 Å². The van der Waals surface area contributed by atoms with Gasteiger partial charge >= 0.3 is 132 Å². The minimum absolute atomic E-state index is 0.858. The van der Waals surface area contributed by atoms with Crippen molar-refractivity contribution in [2.75, 3.05) is 0 Å². The summed E-state index contributed by atoms with van der Waals surface area (Å²) >= 11 is 11.1. The summed E-state index contributed by atoms with van der Waals surface area (Å²) in [6, 6.07) is 0. The van der Waals surface area contributed by atoms with E-state index in [4.69, 9.17) is 0 Å². The molecule has 0 radical (unpaired) electrons. The molecule has 0 aromatic rings. The van der Waals surface area contributed by atoms with Crippen molar-refractivity contribution in [3.8, 4) is 0 Å². The van der Waals surface area contributed by atoms with E-state index in [1.807, 2.05) is 0 Å². The Kier molecular flexibility index (Phi) is 6.75. The fraction of sp³-hybridized carbons (Fsp3) is 1.00. The van der Waals surface area contributed by atoms with Crippen LogP contribution in [-0.4, -0.2) is 20.6 Å². The Morgan fingerprint density at radius 3 is 1.38 bits per heavy atom. The molecular weight excluding hydrogens is 847 g/mol. The van der Waals surface area contributed by atoms with Crippen molar-refractivity contribution in [2.24, 2.45) is 5.41 Å². The van der Waals surface area contributed by atoms with E-state index < -0.39 is 20.6 Å². The predicted molar refractivity (Wildman–Crippen MR) is 101 cm³/mol. The zero-order valence-electron chi connectivity index (χ0n) is 7.66. The summed E-state index contributed by atoms with van der Waals surface area (Å²) in [5, 5.41) is 0. The van der Waals surface area contributed by atoms with Gasteiger partial charge in [-0.1, -0.05) is 0 Å². The monoisotopic (exact) mass is 866 g/mol. The first kappa shape index (κ1) is 15.6. The van der Waals surface area contributed by atoms with Crippen LogP contribution in [0.3, 0.4) is 0 Å². The molecule has 0 amide bonds. The van der Waals surface area contributed by atoms with Crippen LogP contribution in [0.2, 0.25) is 18.9 Å². The average Bonchev–Trinajstić information content (AvgIpc) is 2.36. The molecule has 0 aromatic heterocycles. The molecule has 13 heavy (non-hydrogen) atoms. The quantitative estimate of drug-likeness (QED) is 0.254. The summed E-state index contributed by atoms with van der Waals surface area (Å²) in [5.74, 6) is 0. The van der Waals surface area contributed by atoms with Gasteiger partial charge in [-0.25, -0.2) is 0 Å². The van der Waals surface area contributed by atoms with Gasteiger partial charge in [0.15, 0.2) is 0 Å². The molecule has 1 saturated carbocycles. The molecule has 0 atom stereocenters. The van der Waals surface area contributed by atoms with Gasteiger partial charge in [-0.2, -0.15) is 0 Å². The Bertz CT molecular complexity index is 172. The molecule has 1 rings (SSSR count). The Morgan fingerprint density at radius 2 is 1.23 bits per heavy atom. The third-order valence-corrected chi connectivity index (χ3v) is 16.8. The van der Waals surface area contributed by atoms with Gasteiger partial charge in [-0.05, 0) is 0 Å². The first-order valence-electron chi connectivity index (χ1n) is 3.93. The number of rotatable bonds is 4. The molecule has 1 aliphatic carbocycles. The van der Waals surface area contributed by atoms with Crippen LogP contribution >= 0.6 is 74.8 Å². The van der Waals surface area contributed by atoms with Gasteiger partial charge in [-0.15, -0.1) is 0 Å². The van der Waals surface area contributed by atoms with Crippen molar-refractivity contribution in [1.29, 1.82) is 0 Å². The Balaban J connectivity index is 2.49. The Morgan fingerprint density at radius 1 is 0.923 bits per heavy atom. The molecule has 0 aromatic carbocycles. The Labute approximate surface area is 129 Å². The van der Waals surface area contributed by atoms with Crippen LogP contribution in [0.5, 0.6) is 0 Å². The van der Waals surface area contributed by atoms with Crippen molar-refractivity contribution in [1.82, 2.24) is 0 Å². The van der Waals surface area contributed by atoms with Crippen LogP contribution in [-0.2, 0) is 0 Å². The molecule has 1 aliphatic rings. The molecule has 0 saturated heterocycles. The molecule has 0 aliphatic heterocycles.